The van der Waals surface area contributed by atoms with Crippen LogP contribution >= 0.6 is 0 Å². The summed E-state index contributed by atoms with van der Waals surface area (Å²) in [5.41, 5.74) is 3.08. The minimum atomic E-state index is 0.176. The second-order valence-corrected chi connectivity index (χ2v) is 5.48. The number of aromatic nitrogens is 3. The molecule has 7 heteroatoms. The molecule has 2 aromatic carbocycles. The molecule has 0 unspecified atom stereocenters. The fraction of sp³-hybridized carbons (Fsp3) is 0.0556. The standard InChI is InChI=1S/C18H15N5O2/c1-11-20-15-6-5-13(10-16(15)25-11)21-17-7-8-19-18(23-17)22-12-3-2-4-14(24)9-12/h2-10,24H,1H3,(H2,19,21,22,23). The van der Waals surface area contributed by atoms with Gasteiger partial charge in [0, 0.05) is 36.6 Å². The van der Waals surface area contributed by atoms with Crippen molar-refractivity contribution in [3.63, 3.8) is 0 Å². The molecule has 0 aliphatic carbocycles. The number of phenolic OH excluding ortho intramolecular Hbond substituents is 1. The minimum Gasteiger partial charge on any atom is -0.508 e. The summed E-state index contributed by atoms with van der Waals surface area (Å²) in [5.74, 6) is 1.86. The summed E-state index contributed by atoms with van der Waals surface area (Å²) in [4.78, 5) is 12.9. The number of nitrogens with zero attached hydrogens (tertiary/aromatic N) is 3. The molecule has 0 atom stereocenters. The van der Waals surface area contributed by atoms with E-state index in [-0.39, 0.29) is 5.75 Å². The Morgan fingerprint density at radius 2 is 1.84 bits per heavy atom. The average molecular weight is 333 g/mol. The van der Waals surface area contributed by atoms with E-state index in [9.17, 15) is 5.11 Å². The van der Waals surface area contributed by atoms with Crippen LogP contribution in [0, 0.1) is 6.92 Å². The number of benzene rings is 2. The van der Waals surface area contributed by atoms with Crippen molar-refractivity contribution in [3.8, 4) is 5.75 Å². The molecule has 2 aromatic heterocycles. The van der Waals surface area contributed by atoms with E-state index in [1.54, 1.807) is 30.5 Å². The molecule has 4 rings (SSSR count). The van der Waals surface area contributed by atoms with Gasteiger partial charge in [-0.3, -0.25) is 0 Å². The maximum atomic E-state index is 9.52. The van der Waals surface area contributed by atoms with Gasteiger partial charge >= 0.3 is 0 Å². The largest absolute Gasteiger partial charge is 0.508 e. The van der Waals surface area contributed by atoms with Gasteiger partial charge < -0.3 is 20.2 Å². The summed E-state index contributed by atoms with van der Waals surface area (Å²) in [7, 11) is 0. The molecule has 124 valence electrons. The molecule has 2 heterocycles. The van der Waals surface area contributed by atoms with Crippen LogP contribution in [0.4, 0.5) is 23.1 Å². The Hall–Kier alpha value is -3.61. The number of aromatic hydroxyl groups is 1. The summed E-state index contributed by atoms with van der Waals surface area (Å²) in [6.07, 6.45) is 1.65. The van der Waals surface area contributed by atoms with Crippen LogP contribution < -0.4 is 10.6 Å². The number of nitrogens with one attached hydrogen (secondary N) is 2. The van der Waals surface area contributed by atoms with Crippen molar-refractivity contribution < 1.29 is 9.52 Å². The third-order valence-electron chi connectivity index (χ3n) is 3.53. The van der Waals surface area contributed by atoms with E-state index in [1.807, 2.05) is 31.2 Å². The van der Waals surface area contributed by atoms with Gasteiger partial charge in [0.1, 0.15) is 17.1 Å². The number of hydrogen-bond acceptors (Lipinski definition) is 7. The highest BCUT2D eigenvalue weighted by Crippen LogP contribution is 2.23. The molecule has 7 nitrogen and oxygen atoms in total. The monoisotopic (exact) mass is 333 g/mol. The summed E-state index contributed by atoms with van der Waals surface area (Å²) >= 11 is 0. The third-order valence-corrected chi connectivity index (χ3v) is 3.53. The molecule has 4 aromatic rings. The van der Waals surface area contributed by atoms with Gasteiger partial charge in [-0.25, -0.2) is 9.97 Å². The van der Waals surface area contributed by atoms with Crippen LogP contribution in [0.15, 0.2) is 59.1 Å². The zero-order chi connectivity index (χ0) is 17.2. The van der Waals surface area contributed by atoms with E-state index < -0.39 is 0 Å². The van der Waals surface area contributed by atoms with Crippen LogP contribution in [-0.2, 0) is 0 Å². The molecule has 0 aliphatic rings. The van der Waals surface area contributed by atoms with Crippen LogP contribution in [0.5, 0.6) is 5.75 Å². The van der Waals surface area contributed by atoms with E-state index in [0.29, 0.717) is 23.3 Å². The van der Waals surface area contributed by atoms with Crippen LogP contribution in [0.25, 0.3) is 11.1 Å². The predicted molar refractivity (Wildman–Crippen MR) is 95.5 cm³/mol. The first-order valence-electron chi connectivity index (χ1n) is 7.69. The lowest BCUT2D eigenvalue weighted by atomic mass is 10.3. The molecular formula is C18H15N5O2. The zero-order valence-corrected chi connectivity index (χ0v) is 13.4. The van der Waals surface area contributed by atoms with Gasteiger partial charge in [-0.1, -0.05) is 6.07 Å². The van der Waals surface area contributed by atoms with Crippen molar-refractivity contribution in [3.05, 3.63) is 60.6 Å². The highest BCUT2D eigenvalue weighted by Gasteiger charge is 2.05. The van der Waals surface area contributed by atoms with Gasteiger partial charge in [0.25, 0.3) is 0 Å². The highest BCUT2D eigenvalue weighted by molar-refractivity contribution is 5.78. The lowest BCUT2D eigenvalue weighted by Crippen LogP contribution is -2.00. The van der Waals surface area contributed by atoms with Crippen molar-refractivity contribution >= 4 is 34.2 Å². The fourth-order valence-corrected chi connectivity index (χ4v) is 2.47. The van der Waals surface area contributed by atoms with E-state index in [4.69, 9.17) is 4.42 Å². The first-order chi connectivity index (χ1) is 12.2. The Morgan fingerprint density at radius 1 is 0.960 bits per heavy atom. The summed E-state index contributed by atoms with van der Waals surface area (Å²) in [6.45, 7) is 1.82. The van der Waals surface area contributed by atoms with Crippen molar-refractivity contribution in [2.75, 3.05) is 10.6 Å². The predicted octanol–water partition coefficient (Wildman–Crippen LogP) is 4.12. The summed E-state index contributed by atoms with van der Waals surface area (Å²) in [6, 6.07) is 14.2. The maximum absolute atomic E-state index is 9.52. The molecular weight excluding hydrogens is 318 g/mol. The Labute approximate surface area is 143 Å². The van der Waals surface area contributed by atoms with Crippen LogP contribution in [0.2, 0.25) is 0 Å². The number of hydrogen-bond donors (Lipinski definition) is 3. The lowest BCUT2D eigenvalue weighted by molar-refractivity contribution is 0.475. The SMILES string of the molecule is Cc1nc2ccc(Nc3ccnc(Nc4cccc(O)c4)n3)cc2o1. The van der Waals surface area contributed by atoms with Gasteiger partial charge in [0.15, 0.2) is 11.5 Å². The number of rotatable bonds is 4. The molecule has 0 bridgehead atoms. The Bertz CT molecular complexity index is 1040. The smallest absolute Gasteiger partial charge is 0.229 e. The van der Waals surface area contributed by atoms with E-state index in [1.165, 1.54) is 0 Å². The van der Waals surface area contributed by atoms with Crippen molar-refractivity contribution in [1.82, 2.24) is 15.0 Å². The van der Waals surface area contributed by atoms with Gasteiger partial charge in [-0.2, -0.15) is 4.98 Å². The summed E-state index contributed by atoms with van der Waals surface area (Å²) < 4.78 is 5.54. The van der Waals surface area contributed by atoms with Gasteiger partial charge in [0.2, 0.25) is 5.95 Å². The quantitative estimate of drug-likeness (QED) is 0.517. The molecule has 25 heavy (non-hydrogen) atoms. The second kappa shape index (κ2) is 6.12. The van der Waals surface area contributed by atoms with Crippen LogP contribution in [-0.4, -0.2) is 20.1 Å². The first kappa shape index (κ1) is 14.9. The number of oxazole rings is 1. The van der Waals surface area contributed by atoms with Gasteiger partial charge in [0.05, 0.1) is 0 Å². The molecule has 0 amide bonds. The molecule has 3 N–H and O–H groups in total. The molecule has 0 saturated heterocycles. The van der Waals surface area contributed by atoms with Crippen molar-refractivity contribution in [2.45, 2.75) is 6.92 Å². The number of fused-ring (bicyclic) bond motifs is 1. The minimum absolute atomic E-state index is 0.176. The molecule has 0 aliphatic heterocycles. The normalized spacial score (nSPS) is 10.8. The number of phenols is 1. The second-order valence-electron chi connectivity index (χ2n) is 5.48. The van der Waals surface area contributed by atoms with E-state index >= 15 is 0 Å². The van der Waals surface area contributed by atoms with Gasteiger partial charge in [-0.15, -0.1) is 0 Å². The molecule has 0 fully saturated rings. The maximum Gasteiger partial charge on any atom is 0.229 e. The lowest BCUT2D eigenvalue weighted by Gasteiger charge is -2.08. The Morgan fingerprint density at radius 3 is 2.72 bits per heavy atom. The fourth-order valence-electron chi connectivity index (χ4n) is 2.47. The van der Waals surface area contributed by atoms with Crippen molar-refractivity contribution in [1.29, 1.82) is 0 Å². The zero-order valence-electron chi connectivity index (χ0n) is 13.4. The van der Waals surface area contributed by atoms with Crippen LogP contribution in [0.1, 0.15) is 5.89 Å². The Kier molecular flexibility index (Phi) is 3.66. The topological polar surface area (TPSA) is 96.1 Å². The van der Waals surface area contributed by atoms with Gasteiger partial charge in [-0.05, 0) is 30.3 Å². The van der Waals surface area contributed by atoms with E-state index in [0.717, 1.165) is 16.8 Å². The Balaban J connectivity index is 1.55. The van der Waals surface area contributed by atoms with Crippen molar-refractivity contribution in [2.24, 2.45) is 0 Å². The third kappa shape index (κ3) is 3.35. The van der Waals surface area contributed by atoms with E-state index in [2.05, 4.69) is 25.6 Å². The first-order valence-corrected chi connectivity index (χ1v) is 7.69. The molecule has 0 spiro atoms. The summed E-state index contributed by atoms with van der Waals surface area (Å²) in [5, 5.41) is 15.8. The average Bonchev–Trinajstić information content (AvgIpc) is 2.94. The number of anilines is 4. The number of aryl methyl sites for hydroxylation is 1. The highest BCUT2D eigenvalue weighted by atomic mass is 16.3. The van der Waals surface area contributed by atoms with Crippen LogP contribution in [0.3, 0.4) is 0 Å². The molecule has 0 radical (unpaired) electrons. The molecule has 0 saturated carbocycles.